The van der Waals surface area contributed by atoms with Gasteiger partial charge in [-0.05, 0) is 13.3 Å². The highest BCUT2D eigenvalue weighted by molar-refractivity contribution is 6.20. The molecule has 0 fully saturated rings. The number of alkyl halides is 1. The molecule has 0 spiro atoms. The van der Waals surface area contributed by atoms with Gasteiger partial charge in [-0.3, -0.25) is 4.79 Å². The van der Waals surface area contributed by atoms with E-state index in [4.69, 9.17) is 16.7 Å². The Hall–Kier alpha value is -0.240. The van der Waals surface area contributed by atoms with Crippen molar-refractivity contribution in [2.75, 3.05) is 0 Å². The van der Waals surface area contributed by atoms with Gasteiger partial charge in [0.05, 0.1) is 0 Å². The molecule has 2 nitrogen and oxygen atoms in total. The van der Waals surface area contributed by atoms with Crippen molar-refractivity contribution < 1.29 is 9.90 Å². The van der Waals surface area contributed by atoms with Gasteiger partial charge in [-0.25, -0.2) is 0 Å². The quantitative estimate of drug-likeness (QED) is 0.597. The largest absolute Gasteiger partial charge is 0.481 e. The van der Waals surface area contributed by atoms with E-state index in [2.05, 4.69) is 0 Å². The molecule has 0 radical (unpaired) electrons. The predicted octanol–water partition coefficient (Wildman–Crippen LogP) is 1.48. The molecule has 0 rings (SSSR count). The van der Waals surface area contributed by atoms with E-state index in [9.17, 15) is 4.79 Å². The van der Waals surface area contributed by atoms with Crippen molar-refractivity contribution in [1.82, 2.24) is 0 Å². The molecule has 0 heterocycles. The Morgan fingerprint density at radius 2 is 2.38 bits per heavy atom. The van der Waals surface area contributed by atoms with Crippen LogP contribution in [-0.2, 0) is 4.79 Å². The van der Waals surface area contributed by atoms with Gasteiger partial charge in [-0.2, -0.15) is 0 Å². The number of carboxylic acid groups (broad SMARTS) is 1. The smallest absolute Gasteiger partial charge is 0.303 e. The van der Waals surface area contributed by atoms with E-state index in [0.717, 1.165) is 0 Å². The number of carboxylic acids is 1. The summed E-state index contributed by atoms with van der Waals surface area (Å²) >= 11 is 5.46. The minimum atomic E-state index is -0.780. The Morgan fingerprint density at radius 1 is 1.88 bits per heavy atom. The third kappa shape index (κ3) is 5.76. The van der Waals surface area contributed by atoms with Crippen LogP contribution in [0.25, 0.3) is 0 Å². The van der Waals surface area contributed by atoms with Crippen LogP contribution in [0.4, 0.5) is 0 Å². The van der Waals surface area contributed by atoms with Crippen molar-refractivity contribution in [3.05, 3.63) is 0 Å². The molecule has 0 bridgehead atoms. The van der Waals surface area contributed by atoms with Crippen LogP contribution in [-0.4, -0.2) is 16.5 Å². The van der Waals surface area contributed by atoms with E-state index in [1.165, 1.54) is 0 Å². The van der Waals surface area contributed by atoms with Gasteiger partial charge in [0.2, 0.25) is 0 Å². The summed E-state index contributed by atoms with van der Waals surface area (Å²) in [6, 6.07) is 0. The molecule has 1 atom stereocenters. The molecule has 0 aromatic carbocycles. The Morgan fingerprint density at radius 3 is 2.50 bits per heavy atom. The van der Waals surface area contributed by atoms with Crippen molar-refractivity contribution in [1.29, 1.82) is 0 Å². The van der Waals surface area contributed by atoms with Crippen LogP contribution in [0.5, 0.6) is 0 Å². The van der Waals surface area contributed by atoms with Crippen molar-refractivity contribution in [3.63, 3.8) is 0 Å². The number of hydrogen-bond donors (Lipinski definition) is 1. The van der Waals surface area contributed by atoms with E-state index >= 15 is 0 Å². The number of carbonyl (C=O) groups is 1. The summed E-state index contributed by atoms with van der Waals surface area (Å²) < 4.78 is 0. The average Bonchev–Trinajstić information content (AvgIpc) is 1.61. The zero-order chi connectivity index (χ0) is 6.57. The van der Waals surface area contributed by atoms with Crippen LogP contribution in [0, 0.1) is 0 Å². The summed E-state index contributed by atoms with van der Waals surface area (Å²) in [6.45, 7) is 1.78. The van der Waals surface area contributed by atoms with Crippen LogP contribution in [0.1, 0.15) is 19.8 Å². The third-order valence-corrected chi connectivity index (χ3v) is 0.974. The SMILES string of the molecule is C[C@@H](Cl)CCC(=O)O. The first-order valence-corrected chi connectivity index (χ1v) is 2.92. The maximum absolute atomic E-state index is 9.85. The third-order valence-electron chi connectivity index (χ3n) is 0.756. The lowest BCUT2D eigenvalue weighted by Crippen LogP contribution is -1.98. The highest BCUT2D eigenvalue weighted by atomic mass is 35.5. The van der Waals surface area contributed by atoms with E-state index in [0.29, 0.717) is 6.42 Å². The monoisotopic (exact) mass is 136 g/mol. The molecule has 3 heteroatoms. The lowest BCUT2D eigenvalue weighted by atomic mass is 10.2. The highest BCUT2D eigenvalue weighted by Gasteiger charge is 1.99. The topological polar surface area (TPSA) is 37.3 Å². The molecular formula is C5H9ClO2. The first-order valence-electron chi connectivity index (χ1n) is 2.49. The Bertz CT molecular complexity index is 80.5. The van der Waals surface area contributed by atoms with Crippen molar-refractivity contribution in [2.24, 2.45) is 0 Å². The van der Waals surface area contributed by atoms with Crippen LogP contribution in [0.15, 0.2) is 0 Å². The summed E-state index contributed by atoms with van der Waals surface area (Å²) in [4.78, 5) is 9.85. The minimum absolute atomic E-state index is 0.0221. The molecule has 0 aliphatic carbocycles. The summed E-state index contributed by atoms with van der Waals surface area (Å²) in [5.41, 5.74) is 0. The minimum Gasteiger partial charge on any atom is -0.481 e. The average molecular weight is 137 g/mol. The maximum Gasteiger partial charge on any atom is 0.303 e. The zero-order valence-corrected chi connectivity index (χ0v) is 5.48. The van der Waals surface area contributed by atoms with E-state index in [1.807, 2.05) is 0 Å². The fraction of sp³-hybridized carbons (Fsp3) is 0.800. The van der Waals surface area contributed by atoms with Gasteiger partial charge in [0, 0.05) is 11.8 Å². The first-order chi connectivity index (χ1) is 3.63. The van der Waals surface area contributed by atoms with Gasteiger partial charge in [-0.15, -0.1) is 11.6 Å². The second-order valence-corrected chi connectivity index (χ2v) is 2.46. The molecule has 0 aromatic rings. The van der Waals surface area contributed by atoms with Crippen molar-refractivity contribution in [3.8, 4) is 0 Å². The fourth-order valence-electron chi connectivity index (χ4n) is 0.322. The van der Waals surface area contributed by atoms with Crippen LogP contribution in [0.3, 0.4) is 0 Å². The molecule has 0 saturated carbocycles. The molecule has 0 amide bonds. The second-order valence-electron chi connectivity index (χ2n) is 1.71. The molecular weight excluding hydrogens is 128 g/mol. The molecule has 1 N–H and O–H groups in total. The van der Waals surface area contributed by atoms with E-state index in [-0.39, 0.29) is 11.8 Å². The molecule has 0 aliphatic heterocycles. The van der Waals surface area contributed by atoms with E-state index in [1.54, 1.807) is 6.92 Å². The highest BCUT2D eigenvalue weighted by Crippen LogP contribution is 2.02. The second kappa shape index (κ2) is 3.72. The lowest BCUT2D eigenvalue weighted by molar-refractivity contribution is -0.137. The molecule has 0 unspecified atom stereocenters. The van der Waals surface area contributed by atoms with Gasteiger partial charge < -0.3 is 5.11 Å². The van der Waals surface area contributed by atoms with Gasteiger partial charge in [0.25, 0.3) is 0 Å². The first kappa shape index (κ1) is 7.76. The summed E-state index contributed by atoms with van der Waals surface area (Å²) in [5.74, 6) is -0.780. The van der Waals surface area contributed by atoms with Crippen LogP contribution in [0.2, 0.25) is 0 Å². The van der Waals surface area contributed by atoms with Crippen molar-refractivity contribution in [2.45, 2.75) is 25.1 Å². The molecule has 0 aliphatic rings. The summed E-state index contributed by atoms with van der Waals surface area (Å²) in [7, 11) is 0. The maximum atomic E-state index is 9.85. The number of rotatable bonds is 3. The Labute approximate surface area is 53.5 Å². The van der Waals surface area contributed by atoms with Gasteiger partial charge in [0.1, 0.15) is 0 Å². The number of hydrogen-bond acceptors (Lipinski definition) is 1. The van der Waals surface area contributed by atoms with Gasteiger partial charge >= 0.3 is 5.97 Å². The summed E-state index contributed by atoms with van der Waals surface area (Å²) in [6.07, 6.45) is 0.724. The van der Waals surface area contributed by atoms with Crippen LogP contribution >= 0.6 is 11.6 Å². The Balaban J connectivity index is 3.05. The predicted molar refractivity (Wildman–Crippen MR) is 32.2 cm³/mol. The van der Waals surface area contributed by atoms with Crippen LogP contribution < -0.4 is 0 Å². The van der Waals surface area contributed by atoms with Gasteiger partial charge in [-0.1, -0.05) is 0 Å². The lowest BCUT2D eigenvalue weighted by Gasteiger charge is -1.95. The Kier molecular flexibility index (Phi) is 3.61. The van der Waals surface area contributed by atoms with E-state index < -0.39 is 5.97 Å². The zero-order valence-electron chi connectivity index (χ0n) is 4.72. The van der Waals surface area contributed by atoms with Crippen molar-refractivity contribution >= 4 is 17.6 Å². The number of aliphatic carboxylic acids is 1. The number of halogens is 1. The molecule has 0 saturated heterocycles. The molecule has 0 aromatic heterocycles. The normalized spacial score (nSPS) is 13.2. The van der Waals surface area contributed by atoms with Gasteiger partial charge in [0.15, 0.2) is 0 Å². The fourth-order valence-corrected chi connectivity index (χ4v) is 0.431. The molecule has 8 heavy (non-hydrogen) atoms. The molecule has 48 valence electrons. The summed E-state index contributed by atoms with van der Waals surface area (Å²) in [5, 5.41) is 8.08. The standard InChI is InChI=1S/C5H9ClO2/c1-4(6)2-3-5(7)8/h4H,2-3H2,1H3,(H,7,8)/t4-/m1/s1.